The van der Waals surface area contributed by atoms with E-state index in [1.165, 1.54) is 7.11 Å². The molecule has 0 bridgehead atoms. The highest BCUT2D eigenvalue weighted by Gasteiger charge is 2.23. The number of rotatable bonds is 3. The Labute approximate surface area is 93.4 Å². The number of hydrogen-bond donors (Lipinski definition) is 1. The Bertz CT molecular complexity index is 388. The second-order valence-electron chi connectivity index (χ2n) is 3.60. The number of esters is 1. The number of carbonyl (C=O) groups excluding carboxylic acids is 1. The van der Waals surface area contributed by atoms with Crippen molar-refractivity contribution in [2.45, 2.75) is 18.9 Å². The van der Waals surface area contributed by atoms with E-state index < -0.39 is 0 Å². The van der Waals surface area contributed by atoms with Gasteiger partial charge in [-0.05, 0) is 31.0 Å². The predicted octanol–water partition coefficient (Wildman–Crippen LogP) is 2.70. The molecule has 0 heterocycles. The first-order valence-electron chi connectivity index (χ1n) is 4.85. The van der Waals surface area contributed by atoms with Crippen LogP contribution in [0.25, 0.3) is 0 Å². The van der Waals surface area contributed by atoms with Crippen molar-refractivity contribution in [3.05, 3.63) is 28.8 Å². The zero-order valence-electron chi connectivity index (χ0n) is 8.42. The van der Waals surface area contributed by atoms with E-state index >= 15 is 0 Å². The van der Waals surface area contributed by atoms with Crippen LogP contribution in [0.2, 0.25) is 5.02 Å². The van der Waals surface area contributed by atoms with Crippen molar-refractivity contribution in [2.24, 2.45) is 0 Å². The first kappa shape index (κ1) is 10.3. The Hall–Kier alpha value is -1.22. The summed E-state index contributed by atoms with van der Waals surface area (Å²) in [6.45, 7) is 0. The van der Waals surface area contributed by atoms with E-state index in [1.54, 1.807) is 12.1 Å². The van der Waals surface area contributed by atoms with Crippen molar-refractivity contribution >= 4 is 23.3 Å². The van der Waals surface area contributed by atoms with Crippen molar-refractivity contribution in [1.29, 1.82) is 0 Å². The van der Waals surface area contributed by atoms with Crippen molar-refractivity contribution in [1.82, 2.24) is 0 Å². The molecule has 0 radical (unpaired) electrons. The van der Waals surface area contributed by atoms with Gasteiger partial charge in [-0.15, -0.1) is 0 Å². The largest absolute Gasteiger partial charge is 0.465 e. The lowest BCUT2D eigenvalue weighted by Gasteiger charge is -2.09. The summed E-state index contributed by atoms with van der Waals surface area (Å²) in [5.74, 6) is -0.361. The minimum Gasteiger partial charge on any atom is -0.465 e. The molecule has 0 aromatic heterocycles. The Morgan fingerprint density at radius 3 is 2.87 bits per heavy atom. The standard InChI is InChI=1S/C11H12ClNO2/c1-15-11(14)9-6-7(12)2-5-10(9)13-8-3-4-8/h2,5-6,8,13H,3-4H2,1H3. The molecule has 15 heavy (non-hydrogen) atoms. The van der Waals surface area contributed by atoms with E-state index in [2.05, 4.69) is 5.32 Å². The number of methoxy groups -OCH3 is 1. The van der Waals surface area contributed by atoms with Crippen LogP contribution < -0.4 is 5.32 Å². The van der Waals surface area contributed by atoms with E-state index in [4.69, 9.17) is 16.3 Å². The smallest absolute Gasteiger partial charge is 0.340 e. The maximum Gasteiger partial charge on any atom is 0.340 e. The average molecular weight is 226 g/mol. The number of halogens is 1. The molecule has 1 N–H and O–H groups in total. The first-order valence-corrected chi connectivity index (χ1v) is 5.23. The van der Waals surface area contributed by atoms with Crippen LogP contribution in [0.5, 0.6) is 0 Å². The minimum atomic E-state index is -0.361. The second-order valence-corrected chi connectivity index (χ2v) is 4.04. The van der Waals surface area contributed by atoms with Gasteiger partial charge in [0.05, 0.1) is 12.7 Å². The van der Waals surface area contributed by atoms with Gasteiger partial charge in [0.25, 0.3) is 0 Å². The molecule has 0 aliphatic heterocycles. The molecule has 80 valence electrons. The van der Waals surface area contributed by atoms with Crippen LogP contribution in [-0.4, -0.2) is 19.1 Å². The summed E-state index contributed by atoms with van der Waals surface area (Å²) in [5.41, 5.74) is 1.30. The monoisotopic (exact) mass is 225 g/mol. The van der Waals surface area contributed by atoms with Crippen LogP contribution in [0.4, 0.5) is 5.69 Å². The SMILES string of the molecule is COC(=O)c1cc(Cl)ccc1NC1CC1. The van der Waals surface area contributed by atoms with Gasteiger partial charge in [0.15, 0.2) is 0 Å². The number of hydrogen-bond acceptors (Lipinski definition) is 3. The van der Waals surface area contributed by atoms with Crippen molar-refractivity contribution < 1.29 is 9.53 Å². The van der Waals surface area contributed by atoms with E-state index in [0.29, 0.717) is 16.6 Å². The highest BCUT2D eigenvalue weighted by molar-refractivity contribution is 6.31. The van der Waals surface area contributed by atoms with Gasteiger partial charge < -0.3 is 10.1 Å². The minimum absolute atomic E-state index is 0.361. The van der Waals surface area contributed by atoms with Crippen molar-refractivity contribution in [3.8, 4) is 0 Å². The fourth-order valence-corrected chi connectivity index (χ4v) is 1.54. The molecule has 1 saturated carbocycles. The third-order valence-corrected chi connectivity index (χ3v) is 2.56. The Kier molecular flexibility index (Phi) is 2.82. The molecule has 0 amide bonds. The van der Waals surface area contributed by atoms with Crippen molar-refractivity contribution in [2.75, 3.05) is 12.4 Å². The fraction of sp³-hybridized carbons (Fsp3) is 0.364. The molecule has 1 aromatic carbocycles. The lowest BCUT2D eigenvalue weighted by Crippen LogP contribution is -2.09. The summed E-state index contributed by atoms with van der Waals surface area (Å²) in [6, 6.07) is 5.69. The second kappa shape index (κ2) is 4.11. The zero-order valence-corrected chi connectivity index (χ0v) is 9.17. The van der Waals surface area contributed by atoms with Crippen LogP contribution >= 0.6 is 11.6 Å². The first-order chi connectivity index (χ1) is 7.20. The molecule has 3 nitrogen and oxygen atoms in total. The normalized spacial score (nSPS) is 14.8. The van der Waals surface area contributed by atoms with E-state index in [-0.39, 0.29) is 5.97 Å². The van der Waals surface area contributed by atoms with Gasteiger partial charge in [-0.1, -0.05) is 11.6 Å². The molecule has 1 aliphatic carbocycles. The molecule has 1 aromatic rings. The van der Waals surface area contributed by atoms with Crippen LogP contribution in [-0.2, 0) is 4.74 Å². The van der Waals surface area contributed by atoms with Gasteiger partial charge in [0.1, 0.15) is 0 Å². The number of ether oxygens (including phenoxy) is 1. The van der Waals surface area contributed by atoms with Gasteiger partial charge in [-0.25, -0.2) is 4.79 Å². The molecular weight excluding hydrogens is 214 g/mol. The number of nitrogens with one attached hydrogen (secondary N) is 1. The fourth-order valence-electron chi connectivity index (χ4n) is 1.37. The van der Waals surface area contributed by atoms with Crippen LogP contribution in [0, 0.1) is 0 Å². The molecule has 0 spiro atoms. The summed E-state index contributed by atoms with van der Waals surface area (Å²) in [4.78, 5) is 11.5. The van der Waals surface area contributed by atoms with Gasteiger partial charge in [0, 0.05) is 16.8 Å². The molecular formula is C11H12ClNO2. The third kappa shape index (κ3) is 2.42. The Morgan fingerprint density at radius 1 is 1.53 bits per heavy atom. The highest BCUT2D eigenvalue weighted by atomic mass is 35.5. The van der Waals surface area contributed by atoms with E-state index in [9.17, 15) is 4.79 Å². The lowest BCUT2D eigenvalue weighted by atomic mass is 10.2. The highest BCUT2D eigenvalue weighted by Crippen LogP contribution is 2.28. The molecule has 2 rings (SSSR count). The Morgan fingerprint density at radius 2 is 2.27 bits per heavy atom. The number of carbonyl (C=O) groups is 1. The quantitative estimate of drug-likeness (QED) is 0.804. The molecule has 4 heteroatoms. The van der Waals surface area contributed by atoms with Gasteiger partial charge in [-0.3, -0.25) is 0 Å². The molecule has 1 fully saturated rings. The Balaban J connectivity index is 2.29. The number of anilines is 1. The summed E-state index contributed by atoms with van der Waals surface area (Å²) in [6.07, 6.45) is 2.31. The summed E-state index contributed by atoms with van der Waals surface area (Å²) in [5, 5.41) is 3.81. The number of benzene rings is 1. The van der Waals surface area contributed by atoms with E-state index in [0.717, 1.165) is 18.5 Å². The summed E-state index contributed by atoms with van der Waals surface area (Å²) in [7, 11) is 1.37. The maximum absolute atomic E-state index is 11.5. The molecule has 1 aliphatic rings. The summed E-state index contributed by atoms with van der Waals surface area (Å²) >= 11 is 5.83. The molecule has 0 unspecified atom stereocenters. The predicted molar refractivity (Wildman–Crippen MR) is 59.4 cm³/mol. The topological polar surface area (TPSA) is 38.3 Å². The van der Waals surface area contributed by atoms with Crippen molar-refractivity contribution in [3.63, 3.8) is 0 Å². The van der Waals surface area contributed by atoms with Crippen LogP contribution in [0.3, 0.4) is 0 Å². The maximum atomic E-state index is 11.5. The van der Waals surface area contributed by atoms with E-state index in [1.807, 2.05) is 6.07 Å². The lowest BCUT2D eigenvalue weighted by molar-refractivity contribution is 0.0602. The summed E-state index contributed by atoms with van der Waals surface area (Å²) < 4.78 is 4.70. The van der Waals surface area contributed by atoms with Gasteiger partial charge in [0.2, 0.25) is 0 Å². The van der Waals surface area contributed by atoms with Gasteiger partial charge >= 0.3 is 5.97 Å². The molecule has 0 atom stereocenters. The third-order valence-electron chi connectivity index (χ3n) is 2.32. The van der Waals surface area contributed by atoms with Crippen LogP contribution in [0.1, 0.15) is 23.2 Å². The van der Waals surface area contributed by atoms with Crippen LogP contribution in [0.15, 0.2) is 18.2 Å². The van der Waals surface area contributed by atoms with Gasteiger partial charge in [-0.2, -0.15) is 0 Å². The molecule has 0 saturated heterocycles. The average Bonchev–Trinajstić information content (AvgIpc) is 3.03. The zero-order chi connectivity index (χ0) is 10.8.